The van der Waals surface area contributed by atoms with Gasteiger partial charge in [0.2, 0.25) is 0 Å². The molecule has 0 saturated carbocycles. The molecule has 2 N–H and O–H groups in total. The van der Waals surface area contributed by atoms with Crippen molar-refractivity contribution in [2.45, 2.75) is 26.0 Å². The van der Waals surface area contributed by atoms with Crippen LogP contribution in [0, 0.1) is 11.6 Å². The van der Waals surface area contributed by atoms with E-state index in [-0.39, 0.29) is 16.1 Å². The average Bonchev–Trinajstić information content (AvgIpc) is 2.43. The Morgan fingerprint density at radius 3 is 2.52 bits per heavy atom. The van der Waals surface area contributed by atoms with Gasteiger partial charge in [0.25, 0.3) is 0 Å². The van der Waals surface area contributed by atoms with Crippen molar-refractivity contribution >= 4 is 15.9 Å². The largest absolute Gasteiger partial charge is 0.491 e. The van der Waals surface area contributed by atoms with Crippen molar-refractivity contribution in [3.63, 3.8) is 0 Å². The van der Waals surface area contributed by atoms with Gasteiger partial charge in [-0.05, 0) is 59.6 Å². The third-order valence-electron chi connectivity index (χ3n) is 2.98. The number of ether oxygens (including phenoxy) is 1. The number of nitrogens with two attached hydrogens (primary N) is 1. The molecule has 0 amide bonds. The predicted molar refractivity (Wildman–Crippen MR) is 82.3 cm³/mol. The van der Waals surface area contributed by atoms with Crippen LogP contribution in [0.15, 0.2) is 40.9 Å². The second-order valence-electron chi connectivity index (χ2n) is 4.97. The van der Waals surface area contributed by atoms with Gasteiger partial charge in [0.1, 0.15) is 17.4 Å². The van der Waals surface area contributed by atoms with Gasteiger partial charge in [0.05, 0.1) is 16.6 Å². The summed E-state index contributed by atoms with van der Waals surface area (Å²) < 4.78 is 33.8. The van der Waals surface area contributed by atoms with E-state index in [9.17, 15) is 8.78 Å². The minimum Gasteiger partial charge on any atom is -0.491 e. The van der Waals surface area contributed by atoms with Crippen molar-refractivity contribution in [1.82, 2.24) is 0 Å². The minimum absolute atomic E-state index is 0.0100. The van der Waals surface area contributed by atoms with Gasteiger partial charge in [-0.15, -0.1) is 0 Å². The van der Waals surface area contributed by atoms with Crippen molar-refractivity contribution in [2.24, 2.45) is 5.73 Å². The summed E-state index contributed by atoms with van der Waals surface area (Å²) in [6.45, 7) is 3.81. The quantitative estimate of drug-likeness (QED) is 0.815. The van der Waals surface area contributed by atoms with E-state index in [1.165, 1.54) is 12.1 Å². The first-order chi connectivity index (χ1) is 9.90. The highest BCUT2D eigenvalue weighted by Crippen LogP contribution is 2.30. The zero-order valence-electron chi connectivity index (χ0n) is 11.7. The van der Waals surface area contributed by atoms with Gasteiger partial charge in [-0.25, -0.2) is 8.78 Å². The van der Waals surface area contributed by atoms with Gasteiger partial charge >= 0.3 is 0 Å². The third-order valence-corrected chi connectivity index (χ3v) is 3.59. The molecule has 0 aliphatic carbocycles. The first kappa shape index (κ1) is 15.9. The van der Waals surface area contributed by atoms with E-state index < -0.39 is 17.7 Å². The van der Waals surface area contributed by atoms with Gasteiger partial charge < -0.3 is 10.5 Å². The molecule has 0 saturated heterocycles. The number of halogens is 3. The fraction of sp³-hybridized carbons (Fsp3) is 0.250. The first-order valence-corrected chi connectivity index (χ1v) is 7.35. The normalized spacial score (nSPS) is 12.5. The SMILES string of the molecule is CC(C)Oc1cccc(C(N)c2c(F)ccc(Br)c2F)c1. The third kappa shape index (κ3) is 3.60. The van der Waals surface area contributed by atoms with Crippen LogP contribution in [0.3, 0.4) is 0 Å². The van der Waals surface area contributed by atoms with E-state index >= 15 is 0 Å². The van der Waals surface area contributed by atoms with Crippen molar-refractivity contribution in [3.8, 4) is 5.75 Å². The molecule has 2 aromatic carbocycles. The highest BCUT2D eigenvalue weighted by Gasteiger charge is 2.20. The van der Waals surface area contributed by atoms with Crippen molar-refractivity contribution < 1.29 is 13.5 Å². The summed E-state index contributed by atoms with van der Waals surface area (Å²) >= 11 is 3.05. The number of hydrogen-bond donors (Lipinski definition) is 1. The van der Waals surface area contributed by atoms with E-state index in [1.54, 1.807) is 24.3 Å². The lowest BCUT2D eigenvalue weighted by atomic mass is 9.98. The molecule has 112 valence electrons. The van der Waals surface area contributed by atoms with Gasteiger partial charge in [0.15, 0.2) is 0 Å². The van der Waals surface area contributed by atoms with Gasteiger partial charge in [-0.3, -0.25) is 0 Å². The molecule has 0 spiro atoms. The van der Waals surface area contributed by atoms with Crippen LogP contribution in [0.5, 0.6) is 5.75 Å². The Hall–Kier alpha value is -1.46. The maximum absolute atomic E-state index is 14.1. The molecule has 0 heterocycles. The zero-order valence-corrected chi connectivity index (χ0v) is 13.3. The Kier molecular flexibility index (Phi) is 4.96. The molecule has 2 aromatic rings. The molecule has 0 bridgehead atoms. The van der Waals surface area contributed by atoms with Crippen LogP contribution >= 0.6 is 15.9 Å². The molecule has 2 rings (SSSR count). The smallest absolute Gasteiger partial charge is 0.145 e. The van der Waals surface area contributed by atoms with E-state index in [0.29, 0.717) is 11.3 Å². The Morgan fingerprint density at radius 1 is 1.14 bits per heavy atom. The maximum atomic E-state index is 14.1. The summed E-state index contributed by atoms with van der Waals surface area (Å²) in [5.41, 5.74) is 6.46. The molecule has 1 unspecified atom stereocenters. The highest BCUT2D eigenvalue weighted by molar-refractivity contribution is 9.10. The Morgan fingerprint density at radius 2 is 1.86 bits per heavy atom. The van der Waals surface area contributed by atoms with E-state index in [4.69, 9.17) is 10.5 Å². The Labute approximate surface area is 131 Å². The molecule has 21 heavy (non-hydrogen) atoms. The molecule has 1 atom stereocenters. The van der Waals surface area contributed by atoms with E-state index in [2.05, 4.69) is 15.9 Å². The van der Waals surface area contributed by atoms with Crippen LogP contribution in [0.2, 0.25) is 0 Å². The van der Waals surface area contributed by atoms with Crippen molar-refractivity contribution in [2.75, 3.05) is 0 Å². The summed E-state index contributed by atoms with van der Waals surface area (Å²) in [5, 5.41) is 0. The van der Waals surface area contributed by atoms with Crippen molar-refractivity contribution in [1.29, 1.82) is 0 Å². The predicted octanol–water partition coefficient (Wildman–Crippen LogP) is 4.56. The fourth-order valence-corrected chi connectivity index (χ4v) is 2.39. The maximum Gasteiger partial charge on any atom is 0.145 e. The summed E-state index contributed by atoms with van der Waals surface area (Å²) in [5.74, 6) is -0.732. The van der Waals surface area contributed by atoms with Gasteiger partial charge in [0, 0.05) is 5.56 Å². The van der Waals surface area contributed by atoms with Crippen LogP contribution in [0.25, 0.3) is 0 Å². The summed E-state index contributed by atoms with van der Waals surface area (Å²) in [7, 11) is 0. The van der Waals surface area contributed by atoms with Crippen molar-refractivity contribution in [3.05, 3.63) is 63.6 Å². The van der Waals surface area contributed by atoms with Crippen LogP contribution < -0.4 is 10.5 Å². The second kappa shape index (κ2) is 6.54. The first-order valence-electron chi connectivity index (χ1n) is 6.55. The molecule has 0 radical (unpaired) electrons. The van der Waals surface area contributed by atoms with E-state index in [0.717, 1.165) is 0 Å². The lowest BCUT2D eigenvalue weighted by Gasteiger charge is -2.17. The Balaban J connectivity index is 2.41. The number of benzene rings is 2. The second-order valence-corrected chi connectivity index (χ2v) is 5.83. The summed E-state index contributed by atoms with van der Waals surface area (Å²) in [6, 6.07) is 8.56. The average molecular weight is 356 g/mol. The van der Waals surface area contributed by atoms with Gasteiger partial charge in [-0.2, -0.15) is 0 Å². The minimum atomic E-state index is -0.904. The van der Waals surface area contributed by atoms with E-state index in [1.807, 2.05) is 13.8 Å². The molecule has 2 nitrogen and oxygen atoms in total. The summed E-state index contributed by atoms with van der Waals surface area (Å²) in [6.07, 6.45) is 0.0100. The number of hydrogen-bond acceptors (Lipinski definition) is 2. The molecular weight excluding hydrogens is 340 g/mol. The highest BCUT2D eigenvalue weighted by atomic mass is 79.9. The van der Waals surface area contributed by atoms with Crippen LogP contribution in [0.4, 0.5) is 8.78 Å². The molecule has 0 aromatic heterocycles. The lowest BCUT2D eigenvalue weighted by Crippen LogP contribution is -2.16. The zero-order chi connectivity index (χ0) is 15.6. The molecule has 0 fully saturated rings. The molecule has 0 aliphatic rings. The standard InChI is InChI=1S/C16H16BrF2NO/c1-9(2)21-11-5-3-4-10(8-11)16(20)14-13(18)7-6-12(17)15(14)19/h3-9,16H,20H2,1-2H3. The fourth-order valence-electron chi connectivity index (χ4n) is 2.05. The molecule has 0 aliphatic heterocycles. The van der Waals surface area contributed by atoms with Gasteiger partial charge in [-0.1, -0.05) is 12.1 Å². The summed E-state index contributed by atoms with van der Waals surface area (Å²) in [4.78, 5) is 0. The monoisotopic (exact) mass is 355 g/mol. The Bertz CT molecular complexity index is 646. The molecular formula is C16H16BrF2NO. The van der Waals surface area contributed by atoms with Crippen LogP contribution in [-0.2, 0) is 0 Å². The lowest BCUT2D eigenvalue weighted by molar-refractivity contribution is 0.242. The molecule has 5 heteroatoms. The topological polar surface area (TPSA) is 35.2 Å². The van der Waals surface area contributed by atoms with Crippen LogP contribution in [0.1, 0.15) is 31.0 Å². The number of rotatable bonds is 4. The van der Waals surface area contributed by atoms with Crippen LogP contribution in [-0.4, -0.2) is 6.10 Å².